The SMILES string of the molecule is CCS(=O)(=O)c1ccc2oc(=O)c(/C=C(\O)c3cccc(OC)c3)nc2c1. The largest absolute Gasteiger partial charge is 0.507 e. The molecule has 3 aromatic rings. The molecule has 2 aromatic carbocycles. The third-order valence-electron chi connectivity index (χ3n) is 3.96. The van der Waals surface area contributed by atoms with Gasteiger partial charge in [-0.3, -0.25) is 0 Å². The molecule has 8 heteroatoms. The predicted molar refractivity (Wildman–Crippen MR) is 101 cm³/mol. The van der Waals surface area contributed by atoms with E-state index in [2.05, 4.69) is 4.98 Å². The summed E-state index contributed by atoms with van der Waals surface area (Å²) in [5, 5.41) is 10.3. The van der Waals surface area contributed by atoms with Gasteiger partial charge in [-0.05, 0) is 30.3 Å². The van der Waals surface area contributed by atoms with Gasteiger partial charge in [0.25, 0.3) is 0 Å². The maximum Gasteiger partial charge on any atom is 0.362 e. The number of aliphatic hydroxyl groups excluding tert-OH is 1. The van der Waals surface area contributed by atoms with E-state index in [4.69, 9.17) is 9.15 Å². The summed E-state index contributed by atoms with van der Waals surface area (Å²) >= 11 is 0. The highest BCUT2D eigenvalue weighted by atomic mass is 32.2. The molecule has 140 valence electrons. The molecule has 0 aliphatic rings. The molecule has 0 amide bonds. The molecule has 0 fully saturated rings. The summed E-state index contributed by atoms with van der Waals surface area (Å²) in [6.07, 6.45) is 1.17. The number of hydrogen-bond acceptors (Lipinski definition) is 7. The fraction of sp³-hybridized carbons (Fsp3) is 0.158. The minimum atomic E-state index is -3.42. The predicted octanol–water partition coefficient (Wildman–Crippen LogP) is 3.05. The molecule has 0 saturated heterocycles. The zero-order valence-electron chi connectivity index (χ0n) is 14.7. The highest BCUT2D eigenvalue weighted by Gasteiger charge is 2.14. The Labute approximate surface area is 155 Å². The van der Waals surface area contributed by atoms with Crippen molar-refractivity contribution in [1.29, 1.82) is 0 Å². The zero-order valence-corrected chi connectivity index (χ0v) is 15.5. The smallest absolute Gasteiger partial charge is 0.362 e. The molecule has 0 aliphatic carbocycles. The average molecular weight is 387 g/mol. The number of methoxy groups -OCH3 is 1. The van der Waals surface area contributed by atoms with Gasteiger partial charge in [-0.2, -0.15) is 0 Å². The quantitative estimate of drug-likeness (QED) is 0.671. The van der Waals surface area contributed by atoms with E-state index in [1.807, 2.05) is 0 Å². The first-order chi connectivity index (χ1) is 12.8. The summed E-state index contributed by atoms with van der Waals surface area (Å²) in [7, 11) is -1.92. The Morgan fingerprint density at radius 1 is 1.26 bits per heavy atom. The maximum atomic E-state index is 12.1. The second-order valence-corrected chi connectivity index (χ2v) is 7.96. The molecule has 0 radical (unpaired) electrons. The Balaban J connectivity index is 2.10. The van der Waals surface area contributed by atoms with Crippen LogP contribution in [0.2, 0.25) is 0 Å². The Bertz CT molecular complexity index is 1190. The molecule has 0 spiro atoms. The van der Waals surface area contributed by atoms with Crippen molar-refractivity contribution in [2.45, 2.75) is 11.8 Å². The summed E-state index contributed by atoms with van der Waals surface area (Å²) in [5.41, 5.74) is -0.100. The summed E-state index contributed by atoms with van der Waals surface area (Å²) in [4.78, 5) is 16.4. The lowest BCUT2D eigenvalue weighted by Gasteiger charge is -2.05. The van der Waals surface area contributed by atoms with Crippen LogP contribution in [0, 0.1) is 0 Å². The van der Waals surface area contributed by atoms with E-state index in [0.29, 0.717) is 11.3 Å². The molecule has 7 nitrogen and oxygen atoms in total. The summed E-state index contributed by atoms with van der Waals surface area (Å²) < 4.78 is 34.4. The van der Waals surface area contributed by atoms with Crippen molar-refractivity contribution in [3.05, 3.63) is 64.1 Å². The van der Waals surface area contributed by atoms with Gasteiger partial charge < -0.3 is 14.3 Å². The van der Waals surface area contributed by atoms with Crippen LogP contribution in [0.4, 0.5) is 0 Å². The Kier molecular flexibility index (Phi) is 5.00. The van der Waals surface area contributed by atoms with Crippen LogP contribution in [-0.2, 0) is 9.84 Å². The Hall–Kier alpha value is -3.13. The van der Waals surface area contributed by atoms with E-state index in [0.717, 1.165) is 0 Å². The molecular formula is C19H17NO6S. The molecule has 0 saturated carbocycles. The van der Waals surface area contributed by atoms with Crippen molar-refractivity contribution < 1.29 is 22.7 Å². The monoisotopic (exact) mass is 387 g/mol. The molecule has 0 aliphatic heterocycles. The molecule has 0 bridgehead atoms. The maximum absolute atomic E-state index is 12.1. The lowest BCUT2D eigenvalue weighted by atomic mass is 10.1. The van der Waals surface area contributed by atoms with Crippen molar-refractivity contribution in [3.8, 4) is 5.75 Å². The van der Waals surface area contributed by atoms with E-state index in [1.165, 1.54) is 31.4 Å². The first kappa shape index (κ1) is 18.7. The fourth-order valence-corrected chi connectivity index (χ4v) is 3.34. The third kappa shape index (κ3) is 3.85. The highest BCUT2D eigenvalue weighted by molar-refractivity contribution is 7.91. The minimum absolute atomic E-state index is 0.0569. The molecule has 0 atom stereocenters. The summed E-state index contributed by atoms with van der Waals surface area (Å²) in [6.45, 7) is 1.54. The molecule has 1 N–H and O–H groups in total. The number of aliphatic hydroxyl groups is 1. The number of hydrogen-bond donors (Lipinski definition) is 1. The number of rotatable bonds is 5. The van der Waals surface area contributed by atoms with Gasteiger partial charge >= 0.3 is 5.63 Å². The van der Waals surface area contributed by atoms with Gasteiger partial charge in [-0.25, -0.2) is 18.2 Å². The normalized spacial score (nSPS) is 12.3. The van der Waals surface area contributed by atoms with E-state index < -0.39 is 15.5 Å². The Morgan fingerprint density at radius 2 is 2.04 bits per heavy atom. The van der Waals surface area contributed by atoms with Crippen LogP contribution < -0.4 is 10.4 Å². The second-order valence-electron chi connectivity index (χ2n) is 5.68. The summed E-state index contributed by atoms with van der Waals surface area (Å²) in [5.74, 6) is 0.282. The van der Waals surface area contributed by atoms with Crippen LogP contribution in [0.1, 0.15) is 18.2 Å². The number of nitrogens with zero attached hydrogens (tertiary/aromatic N) is 1. The first-order valence-electron chi connectivity index (χ1n) is 8.07. The van der Waals surface area contributed by atoms with Crippen LogP contribution in [0.3, 0.4) is 0 Å². The van der Waals surface area contributed by atoms with Gasteiger partial charge in [0.05, 0.1) is 17.8 Å². The van der Waals surface area contributed by atoms with Crippen LogP contribution >= 0.6 is 0 Å². The standard InChI is InChI=1S/C19H17NO6S/c1-3-27(23,24)14-7-8-18-15(10-14)20-16(19(22)26-18)11-17(21)12-5-4-6-13(9-12)25-2/h4-11,21H,3H2,1-2H3/b17-11-. The van der Waals surface area contributed by atoms with Gasteiger partial charge in [0, 0.05) is 11.6 Å². The number of benzene rings is 2. The first-order valence-corrected chi connectivity index (χ1v) is 9.72. The third-order valence-corrected chi connectivity index (χ3v) is 5.69. The highest BCUT2D eigenvalue weighted by Crippen LogP contribution is 2.21. The van der Waals surface area contributed by atoms with Crippen molar-refractivity contribution in [1.82, 2.24) is 4.98 Å². The lowest BCUT2D eigenvalue weighted by Crippen LogP contribution is -2.08. The van der Waals surface area contributed by atoms with E-state index in [1.54, 1.807) is 31.2 Å². The average Bonchev–Trinajstić information content (AvgIpc) is 2.68. The minimum Gasteiger partial charge on any atom is -0.507 e. The second kappa shape index (κ2) is 7.24. The van der Waals surface area contributed by atoms with Crippen LogP contribution in [0.25, 0.3) is 22.9 Å². The van der Waals surface area contributed by atoms with E-state index in [9.17, 15) is 18.3 Å². The molecule has 1 aromatic heterocycles. The van der Waals surface area contributed by atoms with Gasteiger partial charge in [-0.15, -0.1) is 0 Å². The van der Waals surface area contributed by atoms with Crippen molar-refractivity contribution in [3.63, 3.8) is 0 Å². The van der Waals surface area contributed by atoms with E-state index >= 15 is 0 Å². The van der Waals surface area contributed by atoms with Gasteiger partial charge in [0.2, 0.25) is 0 Å². The number of aromatic nitrogens is 1. The number of fused-ring (bicyclic) bond motifs is 1. The number of sulfone groups is 1. The van der Waals surface area contributed by atoms with Gasteiger partial charge in [-0.1, -0.05) is 19.1 Å². The summed E-state index contributed by atoms with van der Waals surface area (Å²) in [6, 6.07) is 10.8. The van der Waals surface area contributed by atoms with Crippen LogP contribution in [0.15, 0.2) is 56.6 Å². The fourth-order valence-electron chi connectivity index (χ4n) is 2.44. The zero-order chi connectivity index (χ0) is 19.6. The van der Waals surface area contributed by atoms with Crippen molar-refractivity contribution in [2.75, 3.05) is 12.9 Å². The lowest BCUT2D eigenvalue weighted by molar-refractivity contribution is 0.414. The molecular weight excluding hydrogens is 370 g/mol. The van der Waals surface area contributed by atoms with Gasteiger partial charge in [0.1, 0.15) is 17.0 Å². The van der Waals surface area contributed by atoms with Crippen LogP contribution in [0.5, 0.6) is 5.75 Å². The topological polar surface area (TPSA) is 107 Å². The number of ether oxygens (including phenoxy) is 1. The van der Waals surface area contributed by atoms with Crippen molar-refractivity contribution in [2.24, 2.45) is 0 Å². The molecule has 1 heterocycles. The molecule has 0 unspecified atom stereocenters. The Morgan fingerprint density at radius 3 is 2.74 bits per heavy atom. The van der Waals surface area contributed by atoms with Crippen molar-refractivity contribution >= 4 is 32.8 Å². The van der Waals surface area contributed by atoms with Gasteiger partial charge in [0.15, 0.2) is 21.1 Å². The molecule has 27 heavy (non-hydrogen) atoms. The van der Waals surface area contributed by atoms with E-state index in [-0.39, 0.29) is 33.2 Å². The molecule has 3 rings (SSSR count). The van der Waals surface area contributed by atoms with Crippen LogP contribution in [-0.4, -0.2) is 31.4 Å².